The largest absolute Gasteiger partial charge is 0.507 e. The maximum Gasteiger partial charge on any atom is 0.301 e. The van der Waals surface area contributed by atoms with E-state index >= 15 is 0 Å². The topological polar surface area (TPSA) is 106 Å². The lowest BCUT2D eigenvalue weighted by atomic mass is 9.95. The zero-order chi connectivity index (χ0) is 21.3. The van der Waals surface area contributed by atoms with Crippen LogP contribution in [0.15, 0.2) is 54.4 Å². The van der Waals surface area contributed by atoms with Gasteiger partial charge in [0.25, 0.3) is 5.78 Å². The third-order valence-electron chi connectivity index (χ3n) is 4.63. The van der Waals surface area contributed by atoms with E-state index in [2.05, 4.69) is 15.2 Å². The lowest BCUT2D eigenvalue weighted by molar-refractivity contribution is -0.132. The average Bonchev–Trinajstić information content (AvgIpc) is 3.30. The predicted octanol–water partition coefficient (Wildman–Crippen LogP) is 3.27. The highest BCUT2D eigenvalue weighted by Crippen LogP contribution is 2.43. The first-order chi connectivity index (χ1) is 14.5. The lowest BCUT2D eigenvalue weighted by Gasteiger charge is -2.22. The van der Waals surface area contributed by atoms with E-state index < -0.39 is 17.7 Å². The molecule has 0 spiro atoms. The summed E-state index contributed by atoms with van der Waals surface area (Å²) in [6, 6.07) is 9.36. The van der Waals surface area contributed by atoms with Gasteiger partial charge in [0.1, 0.15) is 16.5 Å². The Balaban J connectivity index is 1.89. The summed E-state index contributed by atoms with van der Waals surface area (Å²) in [5.74, 6) is -1.14. The third kappa shape index (κ3) is 3.43. The van der Waals surface area contributed by atoms with Crippen molar-refractivity contribution in [2.75, 3.05) is 11.5 Å². The van der Waals surface area contributed by atoms with Gasteiger partial charge < -0.3 is 9.84 Å². The summed E-state index contributed by atoms with van der Waals surface area (Å²) in [6.07, 6.45) is 3.01. The Labute approximate surface area is 176 Å². The Morgan fingerprint density at radius 2 is 1.83 bits per heavy atom. The van der Waals surface area contributed by atoms with E-state index in [4.69, 9.17) is 4.74 Å². The van der Waals surface area contributed by atoms with Crippen LogP contribution < -0.4 is 9.64 Å². The molecule has 1 aliphatic rings. The summed E-state index contributed by atoms with van der Waals surface area (Å²) in [6.45, 7) is 4.17. The Morgan fingerprint density at radius 1 is 1.13 bits per heavy atom. The van der Waals surface area contributed by atoms with Crippen molar-refractivity contribution in [2.45, 2.75) is 19.9 Å². The molecule has 8 nitrogen and oxygen atoms in total. The predicted molar refractivity (Wildman–Crippen MR) is 111 cm³/mol. The Kier molecular flexibility index (Phi) is 5.28. The Bertz CT molecular complexity index is 1130. The number of ether oxygens (including phenoxy) is 1. The van der Waals surface area contributed by atoms with Gasteiger partial charge in [0, 0.05) is 18.0 Å². The van der Waals surface area contributed by atoms with Crippen molar-refractivity contribution in [3.8, 4) is 5.75 Å². The molecule has 30 heavy (non-hydrogen) atoms. The number of nitrogens with zero attached hydrogens (tertiary/aromatic N) is 4. The number of amides is 1. The number of aromatic nitrogens is 3. The van der Waals surface area contributed by atoms with Crippen molar-refractivity contribution in [1.29, 1.82) is 0 Å². The molecule has 1 atom stereocenters. The van der Waals surface area contributed by atoms with Gasteiger partial charge in [-0.25, -0.2) is 0 Å². The number of hydrogen-bond donors (Lipinski definition) is 1. The normalized spacial score (nSPS) is 18.1. The van der Waals surface area contributed by atoms with Crippen LogP contribution in [0.1, 0.15) is 29.1 Å². The van der Waals surface area contributed by atoms with Gasteiger partial charge in [-0.2, -0.15) is 0 Å². The number of carbonyl (C=O) groups is 2. The highest BCUT2D eigenvalue weighted by molar-refractivity contribution is 7.15. The van der Waals surface area contributed by atoms with Gasteiger partial charge in [0.05, 0.1) is 18.2 Å². The summed E-state index contributed by atoms with van der Waals surface area (Å²) in [5.41, 5.74) is 1.02. The number of benzene rings is 1. The fraction of sp³-hybridized carbons (Fsp3) is 0.190. The third-order valence-corrected chi connectivity index (χ3v) is 5.46. The fourth-order valence-corrected chi connectivity index (χ4v) is 4.02. The first-order valence-corrected chi connectivity index (χ1v) is 10.1. The van der Waals surface area contributed by atoms with Crippen molar-refractivity contribution in [3.05, 3.63) is 70.5 Å². The summed E-state index contributed by atoms with van der Waals surface area (Å²) in [4.78, 5) is 31.1. The number of aryl methyl sites for hydroxylation is 1. The molecule has 1 aliphatic heterocycles. The summed E-state index contributed by atoms with van der Waals surface area (Å²) < 4.78 is 5.49. The molecule has 9 heteroatoms. The molecule has 0 bridgehead atoms. The Morgan fingerprint density at radius 3 is 2.43 bits per heavy atom. The molecule has 4 rings (SSSR count). The number of hydrogen-bond acceptors (Lipinski definition) is 8. The standard InChI is InChI=1S/C21H18N4O4S/c1-3-29-15-6-4-13(5-7-15)17-16(18(26)14-8-10-22-11-9-14)19(27)20(28)25(17)21-24-23-12(2)30-21/h4-11,17,26H,3H2,1-2H3/t17-/m1/s1. The second-order valence-corrected chi connectivity index (χ2v) is 7.67. The minimum Gasteiger partial charge on any atom is -0.507 e. The zero-order valence-electron chi connectivity index (χ0n) is 16.3. The van der Waals surface area contributed by atoms with Crippen molar-refractivity contribution >= 4 is 33.9 Å². The number of pyridine rings is 1. The van der Waals surface area contributed by atoms with Gasteiger partial charge in [-0.1, -0.05) is 23.5 Å². The van der Waals surface area contributed by atoms with E-state index in [1.165, 1.54) is 28.6 Å². The molecule has 0 aliphatic carbocycles. The van der Waals surface area contributed by atoms with Crippen LogP contribution in [-0.4, -0.2) is 38.6 Å². The van der Waals surface area contributed by atoms with E-state index in [1.807, 2.05) is 6.92 Å². The van der Waals surface area contributed by atoms with Crippen LogP contribution in [0.2, 0.25) is 0 Å². The molecule has 1 saturated heterocycles. The fourth-order valence-electron chi connectivity index (χ4n) is 3.31. The van der Waals surface area contributed by atoms with Crippen LogP contribution in [0.4, 0.5) is 5.13 Å². The quantitative estimate of drug-likeness (QED) is 0.382. The van der Waals surface area contributed by atoms with Crippen LogP contribution in [-0.2, 0) is 9.59 Å². The van der Waals surface area contributed by atoms with Crippen LogP contribution >= 0.6 is 11.3 Å². The molecule has 1 fully saturated rings. The molecule has 152 valence electrons. The number of anilines is 1. The minimum atomic E-state index is -0.846. The monoisotopic (exact) mass is 422 g/mol. The van der Waals surface area contributed by atoms with Gasteiger partial charge in [0.2, 0.25) is 5.13 Å². The number of rotatable bonds is 5. The first kappa shape index (κ1) is 19.7. The van der Waals surface area contributed by atoms with E-state index in [0.717, 1.165) is 0 Å². The molecule has 0 saturated carbocycles. The average molecular weight is 422 g/mol. The summed E-state index contributed by atoms with van der Waals surface area (Å²) in [7, 11) is 0. The molecule has 0 unspecified atom stereocenters. The molecular weight excluding hydrogens is 404 g/mol. The molecular formula is C21H18N4O4S. The van der Waals surface area contributed by atoms with E-state index in [9.17, 15) is 14.7 Å². The SMILES string of the molecule is CCOc1ccc([C@@H]2C(=C(O)c3ccncc3)C(=O)C(=O)N2c2nnc(C)s2)cc1. The number of Topliss-reactive ketones (excluding diaryl/α,β-unsaturated/α-hetero) is 1. The molecule has 3 heterocycles. The highest BCUT2D eigenvalue weighted by Gasteiger charge is 2.48. The maximum atomic E-state index is 13.0. The number of aliphatic hydroxyl groups is 1. The molecule has 1 aromatic carbocycles. The van der Waals surface area contributed by atoms with Gasteiger partial charge in [0.15, 0.2) is 0 Å². The van der Waals surface area contributed by atoms with Crippen LogP contribution in [0, 0.1) is 6.92 Å². The zero-order valence-corrected chi connectivity index (χ0v) is 17.1. The molecule has 0 radical (unpaired) electrons. The minimum absolute atomic E-state index is 0.0109. The van der Waals surface area contributed by atoms with Gasteiger partial charge in [-0.05, 0) is 43.7 Å². The van der Waals surface area contributed by atoms with Crippen molar-refractivity contribution in [2.24, 2.45) is 0 Å². The van der Waals surface area contributed by atoms with Crippen LogP contribution in [0.3, 0.4) is 0 Å². The summed E-state index contributed by atoms with van der Waals surface area (Å²) >= 11 is 1.20. The molecule has 3 aromatic rings. The lowest BCUT2D eigenvalue weighted by Crippen LogP contribution is -2.29. The number of ketones is 1. The number of carbonyl (C=O) groups excluding carboxylic acids is 2. The van der Waals surface area contributed by atoms with Crippen LogP contribution in [0.25, 0.3) is 5.76 Å². The molecule has 1 N–H and O–H groups in total. The van der Waals surface area contributed by atoms with Gasteiger partial charge in [-0.3, -0.25) is 19.5 Å². The van der Waals surface area contributed by atoms with Crippen molar-refractivity contribution in [1.82, 2.24) is 15.2 Å². The van der Waals surface area contributed by atoms with E-state index in [1.54, 1.807) is 43.3 Å². The van der Waals surface area contributed by atoms with Crippen molar-refractivity contribution in [3.63, 3.8) is 0 Å². The first-order valence-electron chi connectivity index (χ1n) is 9.25. The van der Waals surface area contributed by atoms with E-state index in [-0.39, 0.29) is 11.3 Å². The highest BCUT2D eigenvalue weighted by atomic mass is 32.1. The Hall–Kier alpha value is -3.59. The van der Waals surface area contributed by atoms with Crippen LogP contribution in [0.5, 0.6) is 5.75 Å². The van der Waals surface area contributed by atoms with Crippen molar-refractivity contribution < 1.29 is 19.4 Å². The second-order valence-electron chi connectivity index (χ2n) is 6.51. The second kappa shape index (κ2) is 8.03. The molecule has 1 amide bonds. The summed E-state index contributed by atoms with van der Waals surface area (Å²) in [5, 5.41) is 19.9. The van der Waals surface area contributed by atoms with Gasteiger partial charge >= 0.3 is 5.91 Å². The number of aliphatic hydroxyl groups excluding tert-OH is 1. The smallest absolute Gasteiger partial charge is 0.301 e. The van der Waals surface area contributed by atoms with Gasteiger partial charge in [-0.15, -0.1) is 10.2 Å². The van der Waals surface area contributed by atoms with E-state index in [0.29, 0.717) is 33.6 Å². The maximum absolute atomic E-state index is 13.0. The molecule has 2 aromatic heterocycles.